The summed E-state index contributed by atoms with van der Waals surface area (Å²) in [6.45, 7) is 0. The molecule has 0 atom stereocenters. The minimum Gasteiger partial charge on any atom is -0.451 e. The topological polar surface area (TPSA) is 22.1 Å². The minimum absolute atomic E-state index is 0.853. The fraction of sp³-hybridized carbons (Fsp3) is 0. The second-order valence-electron chi connectivity index (χ2n) is 2.46. The molecule has 0 saturated heterocycles. The van der Waals surface area contributed by atoms with E-state index in [0.29, 0.717) is 0 Å². The highest BCUT2D eigenvalue weighted by atomic mass is 31.0. The van der Waals surface area contributed by atoms with E-state index < -0.39 is 0 Å². The van der Waals surface area contributed by atoms with Gasteiger partial charge in [0.15, 0.2) is 5.48 Å². The number of hydrogen-bond acceptors (Lipinski definition) is 2. The summed E-state index contributed by atoms with van der Waals surface area (Å²) in [5, 5.41) is 0. The van der Waals surface area contributed by atoms with Crippen molar-refractivity contribution in [2.24, 2.45) is 0 Å². The zero-order chi connectivity index (χ0) is 8.93. The van der Waals surface area contributed by atoms with Gasteiger partial charge in [-0.25, -0.2) is 0 Å². The molecule has 0 bridgehead atoms. The predicted octanol–water partition coefficient (Wildman–Crippen LogP) is 3.45. The van der Waals surface area contributed by atoms with E-state index in [4.69, 9.17) is 4.74 Å². The Labute approximate surface area is 78.3 Å². The third-order valence-corrected chi connectivity index (χ3v) is 2.25. The molecule has 0 N–H and O–H groups in total. The van der Waals surface area contributed by atoms with Crippen LogP contribution in [0.4, 0.5) is 0 Å². The molecule has 0 aliphatic heterocycles. The van der Waals surface area contributed by atoms with E-state index >= 15 is 0 Å². The van der Waals surface area contributed by atoms with Gasteiger partial charge in [-0.3, -0.25) is 4.98 Å². The molecule has 2 rings (SSSR count). The van der Waals surface area contributed by atoms with E-state index in [0.717, 1.165) is 19.4 Å². The number of aromatic nitrogens is 1. The molecule has 3 heteroatoms. The van der Waals surface area contributed by atoms with Crippen LogP contribution >= 0.6 is 8.19 Å². The fourth-order valence-corrected chi connectivity index (χ4v) is 1.53. The zero-order valence-corrected chi connectivity index (χ0v) is 7.82. The van der Waals surface area contributed by atoms with Gasteiger partial charge >= 0.3 is 0 Å². The van der Waals surface area contributed by atoms with Crippen LogP contribution in [0.2, 0.25) is 0 Å². The lowest BCUT2D eigenvalue weighted by atomic mass is 10.3. The highest BCUT2D eigenvalue weighted by Crippen LogP contribution is 2.26. The number of benzene rings is 1. The molecule has 0 spiro atoms. The van der Waals surface area contributed by atoms with E-state index in [1.807, 2.05) is 36.1 Å². The van der Waals surface area contributed by atoms with Gasteiger partial charge in [-0.2, -0.15) is 0 Å². The predicted molar refractivity (Wildman–Crippen MR) is 53.3 cm³/mol. The van der Waals surface area contributed by atoms with Gasteiger partial charge in [-0.15, -0.1) is 0 Å². The second-order valence-corrected chi connectivity index (χ2v) is 3.46. The van der Waals surface area contributed by atoms with Crippen molar-refractivity contribution >= 4 is 8.19 Å². The van der Waals surface area contributed by atoms with Crippen LogP contribution < -0.4 is 4.74 Å². The molecule has 0 aliphatic rings. The summed E-state index contributed by atoms with van der Waals surface area (Å²) in [4.78, 5) is 3.98. The lowest BCUT2D eigenvalue weighted by molar-refractivity contribution is 0.494. The summed E-state index contributed by atoms with van der Waals surface area (Å²) >= 11 is 0. The molecule has 0 aliphatic carbocycles. The molecule has 1 aromatic heterocycles. The molecule has 2 nitrogen and oxygen atoms in total. The summed E-state index contributed by atoms with van der Waals surface area (Å²) in [6, 6.07) is 9.71. The molecular formula is C10H8NOP. The number of rotatable bonds is 2. The van der Waals surface area contributed by atoms with Crippen LogP contribution in [-0.4, -0.2) is 4.98 Å². The van der Waals surface area contributed by atoms with Crippen molar-refractivity contribution in [3.63, 3.8) is 0 Å². The van der Waals surface area contributed by atoms with Crippen LogP contribution in [0.1, 0.15) is 0 Å². The van der Waals surface area contributed by atoms with Gasteiger partial charge in [-0.1, -0.05) is 18.2 Å². The van der Waals surface area contributed by atoms with Gasteiger partial charge in [0.05, 0.1) is 6.20 Å². The van der Waals surface area contributed by atoms with Crippen LogP contribution in [0.3, 0.4) is 0 Å². The quantitative estimate of drug-likeness (QED) is 0.721. The maximum Gasteiger partial charge on any atom is 0.171 e. The Balaban J connectivity index is 2.16. The maximum atomic E-state index is 5.56. The highest BCUT2D eigenvalue weighted by Gasteiger charge is 1.93. The van der Waals surface area contributed by atoms with Crippen molar-refractivity contribution in [2.75, 3.05) is 0 Å². The van der Waals surface area contributed by atoms with Crippen molar-refractivity contribution in [2.45, 2.75) is 0 Å². The van der Waals surface area contributed by atoms with Crippen molar-refractivity contribution in [3.8, 4) is 11.2 Å². The Morgan fingerprint density at radius 3 is 2.69 bits per heavy atom. The van der Waals surface area contributed by atoms with Crippen LogP contribution in [-0.2, 0) is 0 Å². The first-order valence-corrected chi connectivity index (χ1v) is 4.90. The first-order valence-electron chi connectivity index (χ1n) is 3.94. The van der Waals surface area contributed by atoms with Crippen LogP contribution in [0, 0.1) is 0 Å². The van der Waals surface area contributed by atoms with Gasteiger partial charge < -0.3 is 4.74 Å². The highest BCUT2D eigenvalue weighted by molar-refractivity contribution is 7.31. The van der Waals surface area contributed by atoms with Gasteiger partial charge in [0.25, 0.3) is 0 Å². The number of hydrogen-bond donors (Lipinski definition) is 0. The second kappa shape index (κ2) is 4.01. The standard InChI is InChI=1S/C10H8NOP/c1-2-4-9(5-3-1)12-10-8-11-6-7-13-10/h1-8H. The Morgan fingerprint density at radius 2 is 2.00 bits per heavy atom. The van der Waals surface area contributed by atoms with Gasteiger partial charge in [0.1, 0.15) is 5.75 Å². The Kier molecular flexibility index (Phi) is 2.54. The maximum absolute atomic E-state index is 5.56. The fourth-order valence-electron chi connectivity index (χ4n) is 0.947. The molecule has 1 heterocycles. The molecule has 0 unspecified atom stereocenters. The average Bonchev–Trinajstić information content (AvgIpc) is 2.21. The number of nitrogens with zero attached hydrogens (tertiary/aromatic N) is 1. The van der Waals surface area contributed by atoms with E-state index in [1.54, 1.807) is 12.4 Å². The Morgan fingerprint density at radius 1 is 1.15 bits per heavy atom. The molecule has 1 aromatic carbocycles. The van der Waals surface area contributed by atoms with Gasteiger partial charge in [0.2, 0.25) is 0 Å². The van der Waals surface area contributed by atoms with E-state index in [2.05, 4.69) is 4.98 Å². The lowest BCUT2D eigenvalue weighted by Crippen LogP contribution is -1.80. The Hall–Kier alpha value is -1.40. The molecule has 0 radical (unpaired) electrons. The van der Waals surface area contributed by atoms with Gasteiger partial charge in [0, 0.05) is 6.20 Å². The minimum atomic E-state index is 0.853. The van der Waals surface area contributed by atoms with Crippen molar-refractivity contribution in [3.05, 3.63) is 48.5 Å². The molecule has 2 aromatic rings. The molecule has 64 valence electrons. The summed E-state index contributed by atoms with van der Waals surface area (Å²) in [5.41, 5.74) is 0.855. The first-order chi connectivity index (χ1) is 6.45. The Bertz CT molecular complexity index is 326. The monoisotopic (exact) mass is 189 g/mol. The van der Waals surface area contributed by atoms with Gasteiger partial charge in [-0.05, 0) is 26.1 Å². The van der Waals surface area contributed by atoms with E-state index in [-0.39, 0.29) is 0 Å². The van der Waals surface area contributed by atoms with E-state index in [9.17, 15) is 0 Å². The first kappa shape index (κ1) is 8.21. The average molecular weight is 189 g/mol. The van der Waals surface area contributed by atoms with Crippen molar-refractivity contribution in [1.82, 2.24) is 4.98 Å². The largest absolute Gasteiger partial charge is 0.451 e. The molecule has 0 saturated carbocycles. The van der Waals surface area contributed by atoms with Crippen molar-refractivity contribution < 1.29 is 4.74 Å². The summed E-state index contributed by atoms with van der Waals surface area (Å²) in [6.07, 6.45) is 3.49. The normalized spacial score (nSPS) is 10.2. The summed E-state index contributed by atoms with van der Waals surface area (Å²) in [7, 11) is 1.05. The molecular weight excluding hydrogens is 181 g/mol. The smallest absolute Gasteiger partial charge is 0.171 e. The third kappa shape index (κ3) is 2.27. The van der Waals surface area contributed by atoms with Crippen LogP contribution in [0.15, 0.2) is 48.5 Å². The molecule has 0 amide bonds. The lowest BCUT2D eigenvalue weighted by Gasteiger charge is -2.02. The zero-order valence-electron chi connectivity index (χ0n) is 6.92. The van der Waals surface area contributed by atoms with Crippen molar-refractivity contribution in [1.29, 1.82) is 0 Å². The summed E-state index contributed by atoms with van der Waals surface area (Å²) < 4.78 is 5.56. The number of ether oxygens (including phenoxy) is 1. The van der Waals surface area contributed by atoms with Crippen LogP contribution in [0.25, 0.3) is 0 Å². The molecule has 0 fully saturated rings. The summed E-state index contributed by atoms with van der Waals surface area (Å²) in [5.74, 6) is 2.80. The SMILES string of the molecule is c1ccc(Oc2cnccp2)cc1. The third-order valence-electron chi connectivity index (χ3n) is 1.51. The molecule has 13 heavy (non-hydrogen) atoms. The van der Waals surface area contributed by atoms with Crippen LogP contribution in [0.5, 0.6) is 11.2 Å². The van der Waals surface area contributed by atoms with E-state index in [1.165, 1.54) is 0 Å². The number of para-hydroxylation sites is 1.